The van der Waals surface area contributed by atoms with Gasteiger partial charge in [-0.2, -0.15) is 0 Å². The van der Waals surface area contributed by atoms with Gasteiger partial charge in [0.1, 0.15) is 5.75 Å². The molecule has 156 valence electrons. The van der Waals surface area contributed by atoms with Crippen molar-refractivity contribution in [3.8, 4) is 5.75 Å². The van der Waals surface area contributed by atoms with Crippen molar-refractivity contribution in [2.75, 3.05) is 39.8 Å². The molecule has 30 heavy (non-hydrogen) atoms. The van der Waals surface area contributed by atoms with Gasteiger partial charge in [0.2, 0.25) is 0 Å². The molecule has 2 aromatic rings. The van der Waals surface area contributed by atoms with Gasteiger partial charge in [-0.3, -0.25) is 24.2 Å². The Morgan fingerprint density at radius 3 is 2.27 bits per heavy atom. The highest BCUT2D eigenvalue weighted by Crippen LogP contribution is 2.24. The number of hydrogen-bond donors (Lipinski definition) is 0. The Morgan fingerprint density at radius 2 is 1.60 bits per heavy atom. The summed E-state index contributed by atoms with van der Waals surface area (Å²) in [5, 5.41) is 0. The van der Waals surface area contributed by atoms with Gasteiger partial charge in [0.15, 0.2) is 0 Å². The number of amides is 3. The fourth-order valence-corrected chi connectivity index (χ4v) is 3.90. The van der Waals surface area contributed by atoms with Gasteiger partial charge in [0.25, 0.3) is 17.7 Å². The Kier molecular flexibility index (Phi) is 5.55. The molecular weight excluding hydrogens is 382 g/mol. The number of rotatable bonds is 5. The van der Waals surface area contributed by atoms with E-state index in [-0.39, 0.29) is 17.7 Å². The largest absolute Gasteiger partial charge is 0.494 e. The molecular formula is C23H25N3O4. The lowest BCUT2D eigenvalue weighted by Gasteiger charge is -2.34. The third-order valence-electron chi connectivity index (χ3n) is 5.64. The lowest BCUT2D eigenvalue weighted by Crippen LogP contribution is -2.48. The summed E-state index contributed by atoms with van der Waals surface area (Å²) in [7, 11) is 1.45. The zero-order valence-electron chi connectivity index (χ0n) is 17.3. The topological polar surface area (TPSA) is 70.2 Å². The van der Waals surface area contributed by atoms with Crippen LogP contribution in [0.4, 0.5) is 0 Å². The zero-order chi connectivity index (χ0) is 21.3. The molecule has 2 aliphatic heterocycles. The Labute approximate surface area is 175 Å². The highest BCUT2D eigenvalue weighted by molar-refractivity contribution is 6.21. The van der Waals surface area contributed by atoms with Crippen molar-refractivity contribution >= 4 is 17.7 Å². The first kappa shape index (κ1) is 20.1. The maximum absolute atomic E-state index is 12.9. The number of fused-ring (bicyclic) bond motifs is 1. The Bertz CT molecular complexity index is 978. The minimum Gasteiger partial charge on any atom is -0.494 e. The van der Waals surface area contributed by atoms with Gasteiger partial charge in [0, 0.05) is 45.3 Å². The van der Waals surface area contributed by atoms with E-state index in [4.69, 9.17) is 4.74 Å². The third-order valence-corrected chi connectivity index (χ3v) is 5.64. The van der Waals surface area contributed by atoms with Crippen LogP contribution in [0.15, 0.2) is 42.5 Å². The van der Waals surface area contributed by atoms with Crippen LogP contribution < -0.4 is 4.74 Å². The van der Waals surface area contributed by atoms with E-state index in [1.165, 1.54) is 12.6 Å². The van der Waals surface area contributed by atoms with Gasteiger partial charge < -0.3 is 9.64 Å². The highest BCUT2D eigenvalue weighted by Gasteiger charge is 2.33. The molecule has 4 rings (SSSR count). The monoisotopic (exact) mass is 407 g/mol. The second-order valence-corrected chi connectivity index (χ2v) is 7.57. The van der Waals surface area contributed by atoms with E-state index in [0.717, 1.165) is 30.3 Å². The second kappa shape index (κ2) is 8.28. The van der Waals surface area contributed by atoms with Crippen molar-refractivity contribution in [3.63, 3.8) is 0 Å². The van der Waals surface area contributed by atoms with Crippen LogP contribution in [0.3, 0.4) is 0 Å². The molecule has 3 amide bonds. The smallest absolute Gasteiger partial charge is 0.261 e. The lowest BCUT2D eigenvalue weighted by molar-refractivity contribution is 0.0627. The summed E-state index contributed by atoms with van der Waals surface area (Å²) >= 11 is 0. The fraction of sp³-hybridized carbons (Fsp3) is 0.348. The van der Waals surface area contributed by atoms with Crippen molar-refractivity contribution < 1.29 is 19.1 Å². The second-order valence-electron chi connectivity index (χ2n) is 7.57. The number of nitrogens with zero attached hydrogens (tertiary/aromatic N) is 3. The first-order chi connectivity index (χ1) is 14.5. The van der Waals surface area contributed by atoms with Crippen molar-refractivity contribution in [2.24, 2.45) is 0 Å². The molecule has 1 fully saturated rings. The van der Waals surface area contributed by atoms with E-state index in [2.05, 4.69) is 17.0 Å². The van der Waals surface area contributed by atoms with Crippen molar-refractivity contribution in [1.82, 2.24) is 14.7 Å². The maximum atomic E-state index is 12.9. The van der Waals surface area contributed by atoms with E-state index in [0.29, 0.717) is 36.4 Å². The number of ether oxygens (including phenoxy) is 1. The van der Waals surface area contributed by atoms with Crippen LogP contribution in [0.1, 0.15) is 43.6 Å². The van der Waals surface area contributed by atoms with Gasteiger partial charge in [-0.1, -0.05) is 12.1 Å². The van der Waals surface area contributed by atoms with E-state index in [9.17, 15) is 14.4 Å². The van der Waals surface area contributed by atoms with Gasteiger partial charge in [-0.05, 0) is 42.8 Å². The predicted octanol–water partition coefficient (Wildman–Crippen LogP) is 2.27. The summed E-state index contributed by atoms with van der Waals surface area (Å²) in [6.07, 6.45) is 0. The van der Waals surface area contributed by atoms with Crippen LogP contribution in [0.5, 0.6) is 5.75 Å². The summed E-state index contributed by atoms with van der Waals surface area (Å²) in [5.74, 6) is 0.0902. The SMILES string of the molecule is CCOc1ccc(CN2CCN(C(=O)c3ccc4c(c3)C(=O)N(C)C4=O)CC2)cc1. The number of imide groups is 1. The average Bonchev–Trinajstić information content (AvgIpc) is 2.99. The van der Waals surface area contributed by atoms with Crippen LogP contribution in [0.2, 0.25) is 0 Å². The number of carbonyl (C=O) groups is 3. The summed E-state index contributed by atoms with van der Waals surface area (Å²) in [6, 6.07) is 12.9. The predicted molar refractivity (Wildman–Crippen MR) is 112 cm³/mol. The summed E-state index contributed by atoms with van der Waals surface area (Å²) in [5.41, 5.74) is 2.33. The number of hydrogen-bond acceptors (Lipinski definition) is 5. The molecule has 7 nitrogen and oxygen atoms in total. The summed E-state index contributed by atoms with van der Waals surface area (Å²) in [6.45, 7) is 6.26. The first-order valence-electron chi connectivity index (χ1n) is 10.2. The third kappa shape index (κ3) is 3.80. The van der Waals surface area contributed by atoms with Crippen LogP contribution in [-0.2, 0) is 6.54 Å². The molecule has 0 unspecified atom stereocenters. The van der Waals surface area contributed by atoms with E-state index in [1.807, 2.05) is 19.1 Å². The molecule has 7 heteroatoms. The fourth-order valence-electron chi connectivity index (χ4n) is 3.90. The molecule has 0 aliphatic carbocycles. The maximum Gasteiger partial charge on any atom is 0.261 e. The molecule has 0 radical (unpaired) electrons. The van der Waals surface area contributed by atoms with Crippen molar-refractivity contribution in [3.05, 3.63) is 64.7 Å². The highest BCUT2D eigenvalue weighted by atomic mass is 16.5. The van der Waals surface area contributed by atoms with Gasteiger partial charge in [-0.25, -0.2) is 0 Å². The molecule has 0 bridgehead atoms. The summed E-state index contributed by atoms with van der Waals surface area (Å²) in [4.78, 5) is 42.3. The Hall–Kier alpha value is -3.19. The number of benzene rings is 2. The Balaban J connectivity index is 1.36. The van der Waals surface area contributed by atoms with E-state index in [1.54, 1.807) is 23.1 Å². The molecule has 2 aromatic carbocycles. The lowest BCUT2D eigenvalue weighted by atomic mass is 10.0. The molecule has 0 atom stereocenters. The van der Waals surface area contributed by atoms with Crippen LogP contribution in [0.25, 0.3) is 0 Å². The van der Waals surface area contributed by atoms with Crippen molar-refractivity contribution in [1.29, 1.82) is 0 Å². The van der Waals surface area contributed by atoms with Gasteiger partial charge in [-0.15, -0.1) is 0 Å². The average molecular weight is 407 g/mol. The molecule has 0 saturated carbocycles. The van der Waals surface area contributed by atoms with Crippen molar-refractivity contribution in [2.45, 2.75) is 13.5 Å². The number of piperazine rings is 1. The quantitative estimate of drug-likeness (QED) is 0.711. The van der Waals surface area contributed by atoms with Gasteiger partial charge in [0.05, 0.1) is 17.7 Å². The Morgan fingerprint density at radius 1 is 0.933 bits per heavy atom. The van der Waals surface area contributed by atoms with Crippen LogP contribution in [-0.4, -0.2) is 72.3 Å². The normalized spacial score (nSPS) is 16.7. The molecule has 0 spiro atoms. The van der Waals surface area contributed by atoms with E-state index < -0.39 is 0 Å². The van der Waals surface area contributed by atoms with E-state index >= 15 is 0 Å². The molecule has 2 heterocycles. The van der Waals surface area contributed by atoms with Crippen LogP contribution in [0, 0.1) is 0 Å². The summed E-state index contributed by atoms with van der Waals surface area (Å²) < 4.78 is 5.48. The molecule has 0 aromatic heterocycles. The zero-order valence-corrected chi connectivity index (χ0v) is 17.3. The first-order valence-corrected chi connectivity index (χ1v) is 10.2. The molecule has 0 N–H and O–H groups in total. The standard InChI is InChI=1S/C23H25N3O4/c1-3-30-18-7-4-16(5-8-18)15-25-10-12-26(13-11-25)21(27)17-6-9-19-20(14-17)23(29)24(2)22(19)28/h4-9,14H,3,10-13,15H2,1-2H3. The van der Waals surface area contributed by atoms with Crippen LogP contribution >= 0.6 is 0 Å². The minimum absolute atomic E-state index is 0.103. The van der Waals surface area contributed by atoms with Gasteiger partial charge >= 0.3 is 0 Å². The minimum atomic E-state index is -0.357. The molecule has 1 saturated heterocycles. The number of carbonyl (C=O) groups excluding carboxylic acids is 3. The molecule has 2 aliphatic rings.